The number of thiocarbonyl (C=S) groups is 1. The maximum Gasteiger partial charge on any atom is 0.417 e. The van der Waals surface area contributed by atoms with E-state index in [4.69, 9.17) is 28.9 Å². The molecular weight excluding hydrogens is 419 g/mol. The first-order valence-corrected chi connectivity index (χ1v) is 8.79. The lowest BCUT2D eigenvalue weighted by atomic mass is 10.1. The van der Waals surface area contributed by atoms with Gasteiger partial charge >= 0.3 is 6.18 Å². The third kappa shape index (κ3) is 3.36. The Morgan fingerprint density at radius 1 is 1.17 bits per heavy atom. The van der Waals surface area contributed by atoms with Crippen molar-refractivity contribution in [3.05, 3.63) is 59.2 Å². The molecule has 2 aromatic rings. The van der Waals surface area contributed by atoms with Gasteiger partial charge < -0.3 is 11.5 Å². The molecule has 1 atom stereocenters. The van der Waals surface area contributed by atoms with Crippen molar-refractivity contribution in [1.82, 2.24) is 0 Å². The highest BCUT2D eigenvalue weighted by Gasteiger charge is 2.51. The van der Waals surface area contributed by atoms with Crippen LogP contribution in [0.2, 0.25) is 0 Å². The van der Waals surface area contributed by atoms with E-state index in [1.807, 2.05) is 0 Å². The molecule has 1 fully saturated rings. The molecular formula is C19H14F3N5O2S. The third-order valence-corrected chi connectivity index (χ3v) is 4.95. The Kier molecular flexibility index (Phi) is 5.01. The van der Waals surface area contributed by atoms with Crippen LogP contribution in [0.5, 0.6) is 0 Å². The molecule has 0 aromatic heterocycles. The molecule has 4 N–H and O–H groups in total. The average molecular weight is 433 g/mol. The highest BCUT2D eigenvalue weighted by Crippen LogP contribution is 2.38. The van der Waals surface area contributed by atoms with Crippen molar-refractivity contribution in [3.8, 4) is 6.07 Å². The number of amides is 2. The van der Waals surface area contributed by atoms with E-state index in [9.17, 15) is 22.8 Å². The zero-order chi connectivity index (χ0) is 22.4. The Labute approximate surface area is 174 Å². The average Bonchev–Trinajstić information content (AvgIpc) is 2.85. The Morgan fingerprint density at radius 2 is 1.73 bits per heavy atom. The Bertz CT molecular complexity index is 1110. The van der Waals surface area contributed by atoms with Crippen LogP contribution in [0.15, 0.2) is 42.5 Å². The zero-order valence-electron chi connectivity index (χ0n) is 15.4. The Balaban J connectivity index is 2.09. The summed E-state index contributed by atoms with van der Waals surface area (Å²) < 4.78 is 40.0. The molecule has 7 nitrogen and oxygen atoms in total. The highest BCUT2D eigenvalue weighted by atomic mass is 32.1. The SMILES string of the molecule is CC1(N)C(=O)N(c2ccc(C#N)c(C(F)(F)F)c2)C(=S)N1c1ccc(C(N)=O)cc1. The normalized spacial score (nSPS) is 19.2. The van der Waals surface area contributed by atoms with Crippen molar-refractivity contribution in [2.45, 2.75) is 18.8 Å². The number of nitriles is 1. The number of alkyl halides is 3. The molecule has 1 aliphatic heterocycles. The zero-order valence-corrected chi connectivity index (χ0v) is 16.2. The van der Waals surface area contributed by atoms with Crippen LogP contribution in [0.4, 0.5) is 24.5 Å². The van der Waals surface area contributed by atoms with Gasteiger partial charge in [0.05, 0.1) is 22.9 Å². The number of hydrogen-bond donors (Lipinski definition) is 2. The number of halogens is 3. The molecule has 1 aliphatic rings. The number of hydrogen-bond acceptors (Lipinski definition) is 5. The second kappa shape index (κ2) is 7.08. The molecule has 11 heteroatoms. The van der Waals surface area contributed by atoms with Gasteiger partial charge in [0.1, 0.15) is 0 Å². The monoisotopic (exact) mass is 433 g/mol. The van der Waals surface area contributed by atoms with Crippen molar-refractivity contribution in [3.63, 3.8) is 0 Å². The molecule has 2 amide bonds. The van der Waals surface area contributed by atoms with Gasteiger partial charge in [-0.15, -0.1) is 0 Å². The van der Waals surface area contributed by atoms with Crippen LogP contribution in [0.3, 0.4) is 0 Å². The standard InChI is InChI=1S/C19H14F3N5O2S/c1-18(25)16(29)26(13-7-4-11(9-23)14(8-13)19(20,21)22)17(30)27(18)12-5-2-10(3-6-12)15(24)28/h2-8H,25H2,1H3,(H2,24,28). The minimum Gasteiger partial charge on any atom is -0.366 e. The quantitative estimate of drug-likeness (QED) is 0.719. The molecule has 0 aliphatic carbocycles. The topological polar surface area (TPSA) is 116 Å². The lowest BCUT2D eigenvalue weighted by Crippen LogP contribution is -2.55. The fraction of sp³-hybridized carbons (Fsp3) is 0.158. The summed E-state index contributed by atoms with van der Waals surface area (Å²) in [6, 6.07) is 10.1. The Hall–Kier alpha value is -3.49. The molecule has 2 aromatic carbocycles. The molecule has 0 saturated carbocycles. The minimum atomic E-state index is -4.80. The van der Waals surface area contributed by atoms with Gasteiger partial charge in [-0.25, -0.2) is 0 Å². The fourth-order valence-electron chi connectivity index (χ4n) is 3.09. The number of primary amides is 1. The summed E-state index contributed by atoms with van der Waals surface area (Å²) in [5, 5.41) is 8.80. The summed E-state index contributed by atoms with van der Waals surface area (Å²) in [7, 11) is 0. The molecule has 0 radical (unpaired) electrons. The number of carbonyl (C=O) groups is 2. The highest BCUT2D eigenvalue weighted by molar-refractivity contribution is 7.81. The van der Waals surface area contributed by atoms with E-state index in [1.54, 1.807) is 0 Å². The van der Waals surface area contributed by atoms with Crippen LogP contribution in [0.25, 0.3) is 0 Å². The van der Waals surface area contributed by atoms with Crippen molar-refractivity contribution in [1.29, 1.82) is 5.26 Å². The van der Waals surface area contributed by atoms with Gasteiger partial charge in [0, 0.05) is 11.3 Å². The number of rotatable bonds is 3. The molecule has 1 saturated heterocycles. The summed E-state index contributed by atoms with van der Waals surface area (Å²) in [5.74, 6) is -1.42. The molecule has 1 unspecified atom stereocenters. The van der Waals surface area contributed by atoms with Gasteiger partial charge in [0.25, 0.3) is 5.91 Å². The lowest BCUT2D eigenvalue weighted by Gasteiger charge is -2.29. The lowest BCUT2D eigenvalue weighted by molar-refractivity contribution is -0.137. The van der Waals surface area contributed by atoms with Crippen molar-refractivity contribution >= 4 is 40.5 Å². The van der Waals surface area contributed by atoms with E-state index >= 15 is 0 Å². The first kappa shape index (κ1) is 21.2. The number of nitrogens with two attached hydrogens (primary N) is 2. The van der Waals surface area contributed by atoms with E-state index in [0.29, 0.717) is 11.8 Å². The van der Waals surface area contributed by atoms with Crippen LogP contribution < -0.4 is 21.3 Å². The van der Waals surface area contributed by atoms with E-state index in [-0.39, 0.29) is 16.4 Å². The maximum atomic E-state index is 13.3. The molecule has 0 bridgehead atoms. The first-order chi connectivity index (χ1) is 13.9. The van der Waals surface area contributed by atoms with Crippen LogP contribution in [0.1, 0.15) is 28.4 Å². The number of benzene rings is 2. The minimum absolute atomic E-state index is 0.158. The fourth-order valence-corrected chi connectivity index (χ4v) is 3.58. The van der Waals surface area contributed by atoms with E-state index in [1.165, 1.54) is 48.2 Å². The van der Waals surface area contributed by atoms with Crippen LogP contribution in [0, 0.1) is 11.3 Å². The number of carbonyl (C=O) groups excluding carboxylic acids is 2. The number of anilines is 2. The van der Waals surface area contributed by atoms with Crippen LogP contribution >= 0.6 is 12.2 Å². The van der Waals surface area contributed by atoms with E-state index in [0.717, 1.165) is 11.0 Å². The van der Waals surface area contributed by atoms with Crippen LogP contribution in [-0.2, 0) is 11.0 Å². The molecule has 3 rings (SSSR count). The summed E-state index contributed by atoms with van der Waals surface area (Å²) in [6.45, 7) is 1.36. The second-order valence-corrected chi connectivity index (χ2v) is 7.02. The van der Waals surface area contributed by atoms with E-state index in [2.05, 4.69) is 0 Å². The van der Waals surface area contributed by atoms with Gasteiger partial charge in [-0.3, -0.25) is 19.4 Å². The van der Waals surface area contributed by atoms with Crippen LogP contribution in [-0.4, -0.2) is 22.6 Å². The van der Waals surface area contributed by atoms with Crippen molar-refractivity contribution < 1.29 is 22.8 Å². The summed E-state index contributed by atoms with van der Waals surface area (Å²) in [6.07, 6.45) is -4.80. The van der Waals surface area contributed by atoms with Crippen molar-refractivity contribution in [2.75, 3.05) is 9.80 Å². The third-order valence-electron chi connectivity index (χ3n) is 4.58. The summed E-state index contributed by atoms with van der Waals surface area (Å²) in [5.41, 5.74) is 8.28. The second-order valence-electron chi connectivity index (χ2n) is 6.66. The summed E-state index contributed by atoms with van der Waals surface area (Å²) >= 11 is 5.35. The molecule has 0 spiro atoms. The molecule has 1 heterocycles. The smallest absolute Gasteiger partial charge is 0.366 e. The number of nitrogens with zero attached hydrogens (tertiary/aromatic N) is 3. The first-order valence-electron chi connectivity index (χ1n) is 8.38. The van der Waals surface area contributed by atoms with Gasteiger partial charge in [-0.05, 0) is 61.6 Å². The van der Waals surface area contributed by atoms with Gasteiger partial charge in [0.15, 0.2) is 10.8 Å². The van der Waals surface area contributed by atoms with Gasteiger partial charge in [0.2, 0.25) is 5.91 Å². The maximum absolute atomic E-state index is 13.3. The largest absolute Gasteiger partial charge is 0.417 e. The molecule has 154 valence electrons. The summed E-state index contributed by atoms with van der Waals surface area (Å²) in [4.78, 5) is 26.4. The van der Waals surface area contributed by atoms with Crippen molar-refractivity contribution in [2.24, 2.45) is 11.5 Å². The predicted octanol–water partition coefficient (Wildman–Crippen LogP) is 2.49. The van der Waals surface area contributed by atoms with Gasteiger partial charge in [-0.2, -0.15) is 18.4 Å². The molecule has 30 heavy (non-hydrogen) atoms. The Morgan fingerprint density at radius 3 is 2.23 bits per heavy atom. The van der Waals surface area contributed by atoms with Gasteiger partial charge in [-0.1, -0.05) is 0 Å². The predicted molar refractivity (Wildman–Crippen MR) is 106 cm³/mol. The van der Waals surface area contributed by atoms with E-state index < -0.39 is 34.8 Å².